The Balaban J connectivity index is 1.37. The monoisotopic (exact) mass is 545 g/mol. The van der Waals surface area contributed by atoms with Crippen molar-refractivity contribution in [3.8, 4) is 22.9 Å². The number of aliphatic hydroxyl groups is 1. The molecule has 0 radical (unpaired) electrons. The first-order chi connectivity index (χ1) is 19.6. The molecule has 0 bridgehead atoms. The minimum Gasteiger partial charge on any atom is -0.493 e. The summed E-state index contributed by atoms with van der Waals surface area (Å²) in [6.45, 7) is 3.02. The van der Waals surface area contributed by atoms with Crippen LogP contribution in [0.15, 0.2) is 42.9 Å². The second kappa shape index (κ2) is 11.1. The molecule has 2 aliphatic heterocycles. The molecule has 2 fully saturated rings. The zero-order valence-corrected chi connectivity index (χ0v) is 23.1. The fourth-order valence-corrected chi connectivity index (χ4v) is 5.66. The van der Waals surface area contributed by atoms with Gasteiger partial charge in [0.25, 0.3) is 0 Å². The smallest absolute Gasteiger partial charge is 0.228 e. The second-order valence-corrected chi connectivity index (χ2v) is 10.1. The number of nitrogens with zero attached hydrogens (tertiary/aromatic N) is 6. The lowest BCUT2D eigenvalue weighted by molar-refractivity contribution is 0.265. The molecule has 0 spiro atoms. The highest BCUT2D eigenvalue weighted by molar-refractivity contribution is 5.93. The summed E-state index contributed by atoms with van der Waals surface area (Å²) in [5, 5.41) is 14.3. The van der Waals surface area contributed by atoms with Gasteiger partial charge in [0.15, 0.2) is 11.5 Å². The summed E-state index contributed by atoms with van der Waals surface area (Å²) in [5.74, 6) is 3.57. The van der Waals surface area contributed by atoms with Crippen molar-refractivity contribution in [2.45, 2.75) is 31.7 Å². The average Bonchev–Trinajstić information content (AvgIpc) is 3.78. The van der Waals surface area contributed by atoms with E-state index in [4.69, 9.17) is 24.2 Å². The summed E-state index contributed by atoms with van der Waals surface area (Å²) in [7, 11) is 4.77. The first kappa shape index (κ1) is 26.0. The maximum absolute atomic E-state index is 9.96. The van der Waals surface area contributed by atoms with Gasteiger partial charge >= 0.3 is 0 Å². The van der Waals surface area contributed by atoms with Crippen molar-refractivity contribution in [2.75, 3.05) is 62.7 Å². The lowest BCUT2D eigenvalue weighted by Crippen LogP contribution is -2.33. The Labute approximate surface area is 233 Å². The molecule has 0 unspecified atom stereocenters. The molecule has 1 atom stereocenters. The number of ether oxygens (including phenoxy) is 3. The summed E-state index contributed by atoms with van der Waals surface area (Å²) < 4.78 is 18.4. The van der Waals surface area contributed by atoms with E-state index in [1.165, 1.54) is 18.5 Å². The summed E-state index contributed by atoms with van der Waals surface area (Å²) in [5.41, 5.74) is 2.85. The number of rotatable bonds is 9. The van der Waals surface area contributed by atoms with Gasteiger partial charge in [-0.1, -0.05) is 0 Å². The van der Waals surface area contributed by atoms with Gasteiger partial charge in [0.2, 0.25) is 11.7 Å². The molecule has 2 saturated heterocycles. The van der Waals surface area contributed by atoms with Crippen LogP contribution in [-0.2, 0) is 0 Å². The standard InChI is InChI=1S/C29H35N7O4/c1-38-24-14-21(15-25(39-2)27(24)40-3)35-16-26(30-18-35)32-28-22-9-8-19(34-10-4-5-11-34)13-23(22)31-29(33-28)36-12-6-7-20(36)17-37/h8-9,13-16,18,20,37H,4-7,10-12,17H2,1-3H3,(H,31,32,33)/t20-/m1/s1. The normalized spacial score (nSPS) is 17.1. The number of nitrogens with one attached hydrogen (secondary N) is 1. The van der Waals surface area contributed by atoms with Gasteiger partial charge < -0.3 is 39.0 Å². The van der Waals surface area contributed by atoms with Gasteiger partial charge in [0.05, 0.1) is 51.4 Å². The fraction of sp³-hybridized carbons (Fsp3) is 0.414. The van der Waals surface area contributed by atoms with E-state index in [1.807, 2.05) is 22.9 Å². The van der Waals surface area contributed by atoms with Gasteiger partial charge in [0, 0.05) is 42.8 Å². The summed E-state index contributed by atoms with van der Waals surface area (Å²) in [4.78, 5) is 19.0. The molecule has 40 heavy (non-hydrogen) atoms. The molecule has 4 heterocycles. The largest absolute Gasteiger partial charge is 0.493 e. The average molecular weight is 546 g/mol. The highest BCUT2D eigenvalue weighted by atomic mass is 16.5. The molecule has 2 N–H and O–H groups in total. The molecular weight excluding hydrogens is 510 g/mol. The fourth-order valence-electron chi connectivity index (χ4n) is 5.66. The maximum atomic E-state index is 9.96. The minimum absolute atomic E-state index is 0.0197. The van der Waals surface area contributed by atoms with Gasteiger partial charge in [-0.05, 0) is 43.9 Å². The van der Waals surface area contributed by atoms with Gasteiger partial charge in [-0.3, -0.25) is 0 Å². The Morgan fingerprint density at radius 2 is 1.70 bits per heavy atom. The molecule has 0 saturated carbocycles. The number of hydrogen-bond acceptors (Lipinski definition) is 10. The third kappa shape index (κ3) is 4.81. The summed E-state index contributed by atoms with van der Waals surface area (Å²) in [6.07, 6.45) is 7.96. The SMILES string of the molecule is COc1cc(-n2cnc(Nc3nc(N4CCC[C@@H]4CO)nc4cc(N5CCCC5)ccc34)c2)cc(OC)c1OC. The zero-order valence-electron chi connectivity index (χ0n) is 23.1. The highest BCUT2D eigenvalue weighted by Gasteiger charge is 2.27. The topological polar surface area (TPSA) is 110 Å². The lowest BCUT2D eigenvalue weighted by atomic mass is 10.2. The molecule has 0 amide bonds. The third-order valence-corrected chi connectivity index (χ3v) is 7.76. The van der Waals surface area contributed by atoms with Crippen molar-refractivity contribution in [1.29, 1.82) is 0 Å². The van der Waals surface area contributed by atoms with Crippen molar-refractivity contribution in [2.24, 2.45) is 0 Å². The lowest BCUT2D eigenvalue weighted by Gasteiger charge is -2.24. The van der Waals surface area contributed by atoms with Crippen LogP contribution in [0.3, 0.4) is 0 Å². The van der Waals surface area contributed by atoms with Crippen LogP contribution in [0.1, 0.15) is 25.7 Å². The molecule has 11 heteroatoms. The van der Waals surface area contributed by atoms with Crippen molar-refractivity contribution in [1.82, 2.24) is 19.5 Å². The van der Waals surface area contributed by atoms with E-state index >= 15 is 0 Å². The van der Waals surface area contributed by atoms with Crippen LogP contribution < -0.4 is 29.3 Å². The molecule has 11 nitrogen and oxygen atoms in total. The number of aromatic nitrogens is 4. The van der Waals surface area contributed by atoms with Crippen LogP contribution in [-0.4, -0.2) is 78.2 Å². The van der Waals surface area contributed by atoms with Crippen molar-refractivity contribution >= 4 is 34.2 Å². The van der Waals surface area contributed by atoms with Gasteiger partial charge in [-0.2, -0.15) is 4.98 Å². The van der Waals surface area contributed by atoms with E-state index in [1.54, 1.807) is 27.7 Å². The second-order valence-electron chi connectivity index (χ2n) is 10.1. The zero-order chi connectivity index (χ0) is 27.6. The number of anilines is 4. The third-order valence-electron chi connectivity index (χ3n) is 7.76. The van der Waals surface area contributed by atoms with Crippen LogP contribution in [0.4, 0.5) is 23.3 Å². The number of fused-ring (bicyclic) bond motifs is 1. The van der Waals surface area contributed by atoms with Crippen molar-refractivity contribution < 1.29 is 19.3 Å². The predicted octanol–water partition coefficient (Wildman–Crippen LogP) is 4.15. The van der Waals surface area contributed by atoms with Crippen LogP contribution in [0.5, 0.6) is 17.2 Å². The van der Waals surface area contributed by atoms with Gasteiger partial charge in [-0.25, -0.2) is 9.97 Å². The Morgan fingerprint density at radius 3 is 2.40 bits per heavy atom. The predicted molar refractivity (Wildman–Crippen MR) is 155 cm³/mol. The van der Waals surface area contributed by atoms with Crippen molar-refractivity contribution in [3.05, 3.63) is 42.9 Å². The molecular formula is C29H35N7O4. The summed E-state index contributed by atoms with van der Waals surface area (Å²) in [6, 6.07) is 10.1. The van der Waals surface area contributed by atoms with E-state index in [-0.39, 0.29) is 12.6 Å². The maximum Gasteiger partial charge on any atom is 0.228 e. The number of aliphatic hydroxyl groups excluding tert-OH is 1. The van der Waals surface area contributed by atoms with E-state index in [2.05, 4.69) is 38.3 Å². The van der Waals surface area contributed by atoms with Crippen LogP contribution in [0.25, 0.3) is 16.6 Å². The first-order valence-electron chi connectivity index (χ1n) is 13.7. The summed E-state index contributed by atoms with van der Waals surface area (Å²) >= 11 is 0. The molecule has 6 rings (SSSR count). The molecule has 2 aromatic carbocycles. The Bertz CT molecular complexity index is 1480. The molecule has 2 aromatic heterocycles. The minimum atomic E-state index is 0.0197. The Kier molecular flexibility index (Phi) is 7.21. The van der Waals surface area contributed by atoms with E-state index in [0.29, 0.717) is 34.8 Å². The van der Waals surface area contributed by atoms with E-state index in [9.17, 15) is 5.11 Å². The number of hydrogen-bond donors (Lipinski definition) is 2. The number of benzene rings is 2. The van der Waals surface area contributed by atoms with Crippen LogP contribution >= 0.6 is 0 Å². The molecule has 4 aromatic rings. The van der Waals surface area contributed by atoms with Gasteiger partial charge in [0.1, 0.15) is 18.0 Å². The Morgan fingerprint density at radius 1 is 0.925 bits per heavy atom. The molecule has 0 aliphatic carbocycles. The van der Waals surface area contributed by atoms with E-state index < -0.39 is 0 Å². The number of imidazole rings is 1. The van der Waals surface area contributed by atoms with Crippen LogP contribution in [0.2, 0.25) is 0 Å². The first-order valence-corrected chi connectivity index (χ1v) is 13.7. The quantitative estimate of drug-likeness (QED) is 0.318. The number of methoxy groups -OCH3 is 3. The Hall–Kier alpha value is -4.25. The van der Waals surface area contributed by atoms with Crippen molar-refractivity contribution in [3.63, 3.8) is 0 Å². The van der Waals surface area contributed by atoms with E-state index in [0.717, 1.165) is 49.1 Å². The molecule has 210 valence electrons. The molecule has 2 aliphatic rings. The van der Waals surface area contributed by atoms with Gasteiger partial charge in [-0.15, -0.1) is 0 Å². The highest BCUT2D eigenvalue weighted by Crippen LogP contribution is 2.39. The van der Waals surface area contributed by atoms with Crippen LogP contribution in [0, 0.1) is 0 Å².